The highest BCUT2D eigenvalue weighted by molar-refractivity contribution is 6.34. The second kappa shape index (κ2) is 24.3. The zero-order valence-electron chi connectivity index (χ0n) is 43.3. The van der Waals surface area contributed by atoms with Gasteiger partial charge in [-0.3, -0.25) is 42.9 Å². The van der Waals surface area contributed by atoms with E-state index in [1.54, 1.807) is 72.5 Å². The van der Waals surface area contributed by atoms with Crippen LogP contribution in [0.1, 0.15) is 49.2 Å². The molecule has 0 bridgehead atoms. The first-order chi connectivity index (χ1) is 38.6. The highest BCUT2D eigenvalue weighted by Gasteiger charge is 2.30. The standard InChI is InChI=1S/C28H23ClN6O3.C26H21ClN6O2.C4H6O3.CH4/c1-16(36)34-13-17(14-34)15-35-24-9-5-4-8-22(24)26(33-35)28(38)30-18-10-11-21(23(29)12-18)25-19-6-2-3-7-20(19)27(37)32-31-25;27-21-11-16(9-10-19(21)23-17-5-1-2-6-18(17)25(34)31-30-23)29-26(35)24-20-7-3-4-8-22(20)33(32-24)14-15-12-28-13-15;1-3(5)7-4(2)6;/h2-12,17H,13-15H2,1H3,(H,30,38)(H,32,37);1-11,15,28H,12-14H2,(H,29,35)(H,31,34);1-2H3;1H4. The quantitative estimate of drug-likeness (QED) is 0.0633. The minimum Gasteiger partial charge on any atom is -0.394 e. The first kappa shape index (κ1) is 56.4. The Bertz CT molecular complexity index is 4190. The number of nitrogens with zero attached hydrogens (tertiary/aromatic N) is 7. The van der Waals surface area contributed by atoms with Crippen molar-refractivity contribution in [1.82, 2.24) is 50.2 Å². The van der Waals surface area contributed by atoms with Crippen molar-refractivity contribution in [1.29, 1.82) is 0 Å². The molecule has 10 aromatic rings. The molecule has 12 rings (SSSR count). The lowest BCUT2D eigenvalue weighted by molar-refractivity contribution is -0.156. The normalized spacial score (nSPS) is 13.0. The van der Waals surface area contributed by atoms with Crippen LogP contribution in [0.2, 0.25) is 10.0 Å². The molecule has 81 heavy (non-hydrogen) atoms. The van der Waals surface area contributed by atoms with Gasteiger partial charge in [0.15, 0.2) is 11.4 Å². The van der Waals surface area contributed by atoms with Crippen molar-refractivity contribution in [2.45, 2.75) is 41.3 Å². The molecule has 0 unspecified atom stereocenters. The fourth-order valence-electron chi connectivity index (χ4n) is 9.57. The number of anilines is 2. The van der Waals surface area contributed by atoms with Crippen molar-refractivity contribution in [2.24, 2.45) is 11.8 Å². The first-order valence-corrected chi connectivity index (χ1v) is 26.1. The largest absolute Gasteiger partial charge is 0.394 e. The lowest BCUT2D eigenvalue weighted by Crippen LogP contribution is -2.50. The van der Waals surface area contributed by atoms with Crippen molar-refractivity contribution < 1.29 is 28.7 Å². The van der Waals surface area contributed by atoms with Crippen LogP contribution in [0.3, 0.4) is 0 Å². The molecule has 2 aliphatic rings. The number of carbonyl (C=O) groups is 5. The number of ether oxygens (including phenoxy) is 1. The summed E-state index contributed by atoms with van der Waals surface area (Å²) in [5.74, 6) is -0.903. The molecule has 412 valence electrons. The molecule has 0 radical (unpaired) electrons. The Balaban J connectivity index is 0.000000174. The van der Waals surface area contributed by atoms with E-state index in [2.05, 4.69) is 51.3 Å². The van der Waals surface area contributed by atoms with Crippen LogP contribution in [-0.2, 0) is 32.2 Å². The Morgan fingerprint density at radius 2 is 0.951 bits per heavy atom. The average molecular weight is 1130 g/mol. The Labute approximate surface area is 472 Å². The van der Waals surface area contributed by atoms with Gasteiger partial charge in [-0.25, -0.2) is 10.2 Å². The molecule has 2 aliphatic heterocycles. The van der Waals surface area contributed by atoms with Crippen molar-refractivity contribution in [3.63, 3.8) is 0 Å². The number of aromatic amines is 2. The number of H-pyrrole nitrogens is 2. The number of esters is 2. The maximum atomic E-state index is 13.3. The Kier molecular flexibility index (Phi) is 16.9. The minimum atomic E-state index is -0.562. The highest BCUT2D eigenvalue weighted by Crippen LogP contribution is 2.35. The number of hydrogen-bond acceptors (Lipinski definition) is 13. The van der Waals surface area contributed by atoms with E-state index in [0.717, 1.165) is 41.4 Å². The summed E-state index contributed by atoms with van der Waals surface area (Å²) in [5, 5.41) is 36.6. The lowest BCUT2D eigenvalue weighted by Gasteiger charge is -2.38. The van der Waals surface area contributed by atoms with E-state index >= 15 is 0 Å². The second-order valence-electron chi connectivity index (χ2n) is 19.2. The van der Waals surface area contributed by atoms with Gasteiger partial charge < -0.3 is 25.6 Å². The van der Waals surface area contributed by atoms with Gasteiger partial charge in [0.05, 0.1) is 31.9 Å². The molecule has 6 aromatic carbocycles. The van der Waals surface area contributed by atoms with E-state index in [-0.39, 0.29) is 36.3 Å². The summed E-state index contributed by atoms with van der Waals surface area (Å²) in [6.45, 7) is 8.62. The smallest absolute Gasteiger partial charge is 0.310 e. The van der Waals surface area contributed by atoms with E-state index < -0.39 is 11.9 Å². The first-order valence-electron chi connectivity index (χ1n) is 25.3. The Morgan fingerprint density at radius 1 is 0.556 bits per heavy atom. The number of amides is 3. The predicted octanol–water partition coefficient (Wildman–Crippen LogP) is 9.12. The number of fused-ring (bicyclic) bond motifs is 4. The van der Waals surface area contributed by atoms with Crippen molar-refractivity contribution >= 4 is 108 Å². The molecular weight excluding hydrogens is 1080 g/mol. The van der Waals surface area contributed by atoms with Crippen LogP contribution in [0.25, 0.3) is 65.9 Å². The number of nitrogens with one attached hydrogen (secondary N) is 5. The number of benzene rings is 6. The SMILES string of the molecule is C.CC(=O)N1CC(Cn2nc(C(=O)Nc3ccc(-c4n[nH]c(=O)c5ccccc45)c(Cl)c3)c3ccccc32)C1.CC(=O)OC(C)=O.O=C(Nc1ccc(-c2n[nH]c(=O)c3ccccc23)c(Cl)c1)c1nn(CC2CNC2)c2ccccc12. The van der Waals surface area contributed by atoms with E-state index in [1.807, 2.05) is 82.2 Å². The summed E-state index contributed by atoms with van der Waals surface area (Å²) < 4.78 is 7.73. The van der Waals surface area contributed by atoms with Crippen LogP contribution in [-0.4, -0.2) is 101 Å². The second-order valence-corrected chi connectivity index (χ2v) is 20.0. The van der Waals surface area contributed by atoms with E-state index in [0.29, 0.717) is 108 Å². The van der Waals surface area contributed by atoms with Crippen molar-refractivity contribution in [2.75, 3.05) is 36.8 Å². The van der Waals surface area contributed by atoms with E-state index in [1.165, 1.54) is 13.8 Å². The van der Waals surface area contributed by atoms with Gasteiger partial charge in [-0.2, -0.15) is 20.4 Å². The average Bonchev–Trinajstić information content (AvgIpc) is 4.00. The number of likely N-dealkylation sites (tertiary alicyclic amines) is 1. The molecule has 4 aromatic heterocycles. The zero-order chi connectivity index (χ0) is 56.2. The summed E-state index contributed by atoms with van der Waals surface area (Å²) in [4.78, 5) is 83.7. The molecular formula is C59H54Cl2N12O8. The van der Waals surface area contributed by atoms with Gasteiger partial charge in [0.25, 0.3) is 22.9 Å². The van der Waals surface area contributed by atoms with Crippen LogP contribution >= 0.6 is 23.2 Å². The van der Waals surface area contributed by atoms with Crippen LogP contribution in [0.5, 0.6) is 0 Å². The van der Waals surface area contributed by atoms with Crippen molar-refractivity contribution in [3.05, 3.63) is 176 Å². The Morgan fingerprint density at radius 3 is 1.32 bits per heavy atom. The third kappa shape index (κ3) is 12.3. The molecule has 0 saturated carbocycles. The summed E-state index contributed by atoms with van der Waals surface area (Å²) in [5.41, 5.74) is 5.41. The molecule has 5 N–H and O–H groups in total. The van der Waals surface area contributed by atoms with Gasteiger partial charge >= 0.3 is 11.9 Å². The summed E-state index contributed by atoms with van der Waals surface area (Å²) in [7, 11) is 0. The van der Waals surface area contributed by atoms with E-state index in [4.69, 9.17) is 23.2 Å². The van der Waals surface area contributed by atoms with Gasteiger partial charge in [-0.15, -0.1) is 0 Å². The number of rotatable bonds is 10. The van der Waals surface area contributed by atoms with Gasteiger partial charge in [0.2, 0.25) is 5.91 Å². The summed E-state index contributed by atoms with van der Waals surface area (Å²) in [6.07, 6.45) is 0. The topological polar surface area (TPSA) is 261 Å². The molecule has 20 nitrogen and oxygen atoms in total. The molecule has 2 saturated heterocycles. The summed E-state index contributed by atoms with van der Waals surface area (Å²) >= 11 is 13.2. The molecule has 3 amide bonds. The number of carbonyl (C=O) groups excluding carboxylic acids is 5. The highest BCUT2D eigenvalue weighted by atomic mass is 35.5. The minimum absolute atomic E-state index is 0. The third-order valence-corrected chi connectivity index (χ3v) is 14.1. The lowest BCUT2D eigenvalue weighted by atomic mass is 10.0. The van der Waals surface area contributed by atoms with Gasteiger partial charge in [-0.1, -0.05) is 103 Å². The number of para-hydroxylation sites is 2. The maximum absolute atomic E-state index is 13.3. The molecule has 0 aliphatic carbocycles. The van der Waals surface area contributed by atoms with Crippen molar-refractivity contribution in [3.8, 4) is 22.5 Å². The predicted molar refractivity (Wildman–Crippen MR) is 312 cm³/mol. The van der Waals surface area contributed by atoms with Crippen LogP contribution in [0.15, 0.2) is 143 Å². The molecule has 22 heteroatoms. The molecule has 0 atom stereocenters. The number of aromatic nitrogens is 8. The zero-order valence-corrected chi connectivity index (χ0v) is 44.8. The molecule has 2 fully saturated rings. The van der Waals surface area contributed by atoms with Gasteiger partial charge in [-0.05, 0) is 60.7 Å². The third-order valence-electron chi connectivity index (χ3n) is 13.5. The van der Waals surface area contributed by atoms with E-state index in [9.17, 15) is 33.6 Å². The monoisotopic (exact) mass is 1130 g/mol. The van der Waals surface area contributed by atoms with Gasteiger partial charge in [0, 0.05) is 116 Å². The molecule has 6 heterocycles. The van der Waals surface area contributed by atoms with Crippen LogP contribution in [0.4, 0.5) is 11.4 Å². The van der Waals surface area contributed by atoms with Crippen LogP contribution in [0, 0.1) is 11.8 Å². The fourth-order valence-corrected chi connectivity index (χ4v) is 10.1. The van der Waals surface area contributed by atoms with Gasteiger partial charge in [0.1, 0.15) is 11.4 Å². The van der Waals surface area contributed by atoms with Crippen LogP contribution < -0.4 is 27.1 Å². The number of halogens is 2. The maximum Gasteiger partial charge on any atom is 0.310 e. The number of hydrogen-bond donors (Lipinski definition) is 5. The molecule has 0 spiro atoms. The fraction of sp³-hybridized carbons (Fsp3) is 0.203. The summed E-state index contributed by atoms with van der Waals surface area (Å²) in [6, 6.07) is 40.1. The Hall–Kier alpha value is -9.37.